The highest BCUT2D eigenvalue weighted by atomic mass is 127. The number of nitrogens with one attached hydrogen (secondary N) is 1. The van der Waals surface area contributed by atoms with Gasteiger partial charge < -0.3 is 5.32 Å². The first-order chi connectivity index (χ1) is 8.16. The molecule has 2 rings (SSSR count). The first-order valence-electron chi connectivity index (χ1n) is 6.24. The van der Waals surface area contributed by atoms with Gasteiger partial charge in [-0.25, -0.2) is 0 Å². The average molecular weight is 343 g/mol. The molecule has 92 valence electrons. The van der Waals surface area contributed by atoms with Crippen molar-refractivity contribution < 1.29 is 4.79 Å². The summed E-state index contributed by atoms with van der Waals surface area (Å²) in [4.78, 5) is 12.1. The van der Waals surface area contributed by atoms with E-state index in [1.807, 2.05) is 18.2 Å². The standard InChI is InChI=1S/C14H18INO/c1-10-9-12(7-8-13(10)15)16-14(17)11-5-3-2-4-6-11/h7-9,11H,2-6H2,1H3,(H,16,17). The number of hydrogen-bond acceptors (Lipinski definition) is 1. The van der Waals surface area contributed by atoms with E-state index in [-0.39, 0.29) is 11.8 Å². The molecule has 0 atom stereocenters. The average Bonchev–Trinajstić information content (AvgIpc) is 2.35. The molecule has 1 aliphatic rings. The van der Waals surface area contributed by atoms with Crippen molar-refractivity contribution in [2.45, 2.75) is 39.0 Å². The first-order valence-corrected chi connectivity index (χ1v) is 7.32. The number of carbonyl (C=O) groups excluding carboxylic acids is 1. The summed E-state index contributed by atoms with van der Waals surface area (Å²) in [6.07, 6.45) is 5.78. The van der Waals surface area contributed by atoms with Crippen LogP contribution >= 0.6 is 22.6 Å². The summed E-state index contributed by atoms with van der Waals surface area (Å²) >= 11 is 2.31. The highest BCUT2D eigenvalue weighted by Gasteiger charge is 2.20. The monoisotopic (exact) mass is 343 g/mol. The molecular weight excluding hydrogens is 325 g/mol. The normalized spacial score (nSPS) is 16.8. The molecule has 0 radical (unpaired) electrons. The molecule has 1 saturated carbocycles. The summed E-state index contributed by atoms with van der Waals surface area (Å²) in [5, 5.41) is 3.04. The molecular formula is C14H18INO. The second-order valence-corrected chi connectivity index (χ2v) is 5.95. The molecule has 1 N–H and O–H groups in total. The lowest BCUT2D eigenvalue weighted by atomic mass is 9.88. The van der Waals surface area contributed by atoms with Gasteiger partial charge in [-0.3, -0.25) is 4.79 Å². The van der Waals surface area contributed by atoms with Crippen molar-refractivity contribution in [3.63, 3.8) is 0 Å². The van der Waals surface area contributed by atoms with Gasteiger partial charge in [-0.05, 0) is 66.1 Å². The Morgan fingerprint density at radius 1 is 1.29 bits per heavy atom. The lowest BCUT2D eigenvalue weighted by Gasteiger charge is -2.20. The molecule has 0 bridgehead atoms. The Morgan fingerprint density at radius 3 is 2.65 bits per heavy atom. The summed E-state index contributed by atoms with van der Waals surface area (Å²) in [6.45, 7) is 2.07. The van der Waals surface area contributed by atoms with E-state index >= 15 is 0 Å². The highest BCUT2D eigenvalue weighted by Crippen LogP contribution is 2.25. The van der Waals surface area contributed by atoms with Crippen LogP contribution in [0.4, 0.5) is 5.69 Å². The van der Waals surface area contributed by atoms with Crippen LogP contribution in [0.1, 0.15) is 37.7 Å². The van der Waals surface area contributed by atoms with Crippen molar-refractivity contribution in [1.29, 1.82) is 0 Å². The predicted octanol–water partition coefficient (Wildman–Crippen LogP) is 4.12. The van der Waals surface area contributed by atoms with Gasteiger partial charge >= 0.3 is 0 Å². The van der Waals surface area contributed by atoms with Crippen molar-refractivity contribution >= 4 is 34.2 Å². The van der Waals surface area contributed by atoms with Crippen LogP contribution in [-0.2, 0) is 4.79 Å². The Labute approximate surface area is 116 Å². The van der Waals surface area contributed by atoms with Crippen LogP contribution in [0.2, 0.25) is 0 Å². The Hall–Kier alpha value is -0.580. The van der Waals surface area contributed by atoms with Crippen LogP contribution in [0.5, 0.6) is 0 Å². The largest absolute Gasteiger partial charge is 0.326 e. The van der Waals surface area contributed by atoms with E-state index in [4.69, 9.17) is 0 Å². The predicted molar refractivity (Wildman–Crippen MR) is 79.1 cm³/mol. The Kier molecular flexibility index (Phi) is 4.42. The number of halogens is 1. The maximum Gasteiger partial charge on any atom is 0.227 e. The number of aryl methyl sites for hydroxylation is 1. The molecule has 0 aliphatic heterocycles. The van der Waals surface area contributed by atoms with E-state index in [0.717, 1.165) is 18.5 Å². The minimum absolute atomic E-state index is 0.199. The van der Waals surface area contributed by atoms with Crippen LogP contribution in [0.15, 0.2) is 18.2 Å². The van der Waals surface area contributed by atoms with Crippen molar-refractivity contribution in [3.05, 3.63) is 27.3 Å². The number of rotatable bonds is 2. The quantitative estimate of drug-likeness (QED) is 0.805. The van der Waals surface area contributed by atoms with Crippen LogP contribution in [0.3, 0.4) is 0 Å². The summed E-state index contributed by atoms with van der Waals surface area (Å²) < 4.78 is 1.23. The molecule has 17 heavy (non-hydrogen) atoms. The zero-order chi connectivity index (χ0) is 12.3. The van der Waals surface area contributed by atoms with Crippen molar-refractivity contribution in [2.75, 3.05) is 5.32 Å². The maximum absolute atomic E-state index is 12.1. The number of carbonyl (C=O) groups is 1. The van der Waals surface area contributed by atoms with Gasteiger partial charge in [0.15, 0.2) is 0 Å². The third-order valence-electron chi connectivity index (χ3n) is 3.40. The summed E-state index contributed by atoms with van der Waals surface area (Å²) in [7, 11) is 0. The zero-order valence-electron chi connectivity index (χ0n) is 10.1. The Balaban J connectivity index is 1.99. The summed E-state index contributed by atoms with van der Waals surface area (Å²) in [6, 6.07) is 6.07. The Bertz CT molecular complexity index is 411. The van der Waals surface area contributed by atoms with Crippen molar-refractivity contribution in [2.24, 2.45) is 5.92 Å². The minimum atomic E-state index is 0.199. The van der Waals surface area contributed by atoms with Gasteiger partial charge in [-0.2, -0.15) is 0 Å². The number of amides is 1. The molecule has 0 unspecified atom stereocenters. The van der Waals surface area contributed by atoms with E-state index < -0.39 is 0 Å². The fourth-order valence-corrected chi connectivity index (χ4v) is 2.67. The summed E-state index contributed by atoms with van der Waals surface area (Å²) in [5.74, 6) is 0.425. The zero-order valence-corrected chi connectivity index (χ0v) is 12.3. The van der Waals surface area contributed by atoms with Crippen molar-refractivity contribution in [3.8, 4) is 0 Å². The molecule has 2 nitrogen and oxygen atoms in total. The number of hydrogen-bond donors (Lipinski definition) is 1. The smallest absolute Gasteiger partial charge is 0.227 e. The van der Waals surface area contributed by atoms with Gasteiger partial charge in [0.05, 0.1) is 0 Å². The molecule has 0 saturated heterocycles. The number of anilines is 1. The topological polar surface area (TPSA) is 29.1 Å². The van der Waals surface area contributed by atoms with E-state index in [2.05, 4.69) is 34.8 Å². The highest BCUT2D eigenvalue weighted by molar-refractivity contribution is 14.1. The van der Waals surface area contributed by atoms with Gasteiger partial charge in [-0.15, -0.1) is 0 Å². The molecule has 1 aliphatic carbocycles. The molecule has 1 aromatic carbocycles. The van der Waals surface area contributed by atoms with Crippen molar-refractivity contribution in [1.82, 2.24) is 0 Å². The first kappa shape index (κ1) is 12.9. The molecule has 0 spiro atoms. The molecule has 1 amide bonds. The maximum atomic E-state index is 12.1. The van der Waals surface area contributed by atoms with E-state index in [1.54, 1.807) is 0 Å². The third kappa shape index (κ3) is 3.44. The molecule has 1 aromatic rings. The SMILES string of the molecule is Cc1cc(NC(=O)C2CCCCC2)ccc1I. The lowest BCUT2D eigenvalue weighted by molar-refractivity contribution is -0.120. The molecule has 0 aromatic heterocycles. The van der Waals surface area contributed by atoms with Crippen LogP contribution < -0.4 is 5.32 Å². The van der Waals surface area contributed by atoms with Gasteiger partial charge in [0.25, 0.3) is 0 Å². The van der Waals surface area contributed by atoms with E-state index in [1.165, 1.54) is 28.4 Å². The van der Waals surface area contributed by atoms with Crippen LogP contribution in [-0.4, -0.2) is 5.91 Å². The van der Waals surface area contributed by atoms with Gasteiger partial charge in [-0.1, -0.05) is 19.3 Å². The second-order valence-electron chi connectivity index (χ2n) is 4.79. The van der Waals surface area contributed by atoms with E-state index in [0.29, 0.717) is 0 Å². The fraction of sp³-hybridized carbons (Fsp3) is 0.500. The van der Waals surface area contributed by atoms with Crippen LogP contribution in [0.25, 0.3) is 0 Å². The van der Waals surface area contributed by atoms with Gasteiger partial charge in [0, 0.05) is 15.2 Å². The molecule has 1 fully saturated rings. The lowest BCUT2D eigenvalue weighted by Crippen LogP contribution is -2.24. The minimum Gasteiger partial charge on any atom is -0.326 e. The fourth-order valence-electron chi connectivity index (χ4n) is 2.33. The second kappa shape index (κ2) is 5.85. The van der Waals surface area contributed by atoms with Gasteiger partial charge in [0.2, 0.25) is 5.91 Å². The van der Waals surface area contributed by atoms with Crippen LogP contribution in [0, 0.1) is 16.4 Å². The number of benzene rings is 1. The van der Waals surface area contributed by atoms with E-state index in [9.17, 15) is 4.79 Å². The summed E-state index contributed by atoms with van der Waals surface area (Å²) in [5.41, 5.74) is 2.14. The Morgan fingerprint density at radius 2 is 2.00 bits per heavy atom. The molecule has 0 heterocycles. The van der Waals surface area contributed by atoms with Gasteiger partial charge in [0.1, 0.15) is 0 Å². The molecule has 3 heteroatoms. The third-order valence-corrected chi connectivity index (χ3v) is 4.61.